The number of carbonyl (C=O) groups is 1. The molecule has 2 aliphatic rings. The lowest BCUT2D eigenvalue weighted by Crippen LogP contribution is -2.49. The van der Waals surface area contributed by atoms with Crippen LogP contribution in [0.5, 0.6) is 0 Å². The Balaban J connectivity index is 1.31. The Morgan fingerprint density at radius 3 is 2.44 bits per heavy atom. The van der Waals surface area contributed by atoms with E-state index in [9.17, 15) is 4.79 Å². The van der Waals surface area contributed by atoms with E-state index in [0.717, 1.165) is 44.6 Å². The minimum atomic E-state index is -0.216. The van der Waals surface area contributed by atoms with Crippen LogP contribution in [-0.2, 0) is 24.2 Å². The van der Waals surface area contributed by atoms with Gasteiger partial charge in [0.25, 0.3) is 0 Å². The van der Waals surface area contributed by atoms with E-state index in [2.05, 4.69) is 28.4 Å². The van der Waals surface area contributed by atoms with Crippen LogP contribution >= 0.6 is 0 Å². The molecule has 27 heavy (non-hydrogen) atoms. The molecule has 1 saturated heterocycles. The van der Waals surface area contributed by atoms with Gasteiger partial charge in [0.2, 0.25) is 0 Å². The van der Waals surface area contributed by atoms with E-state index in [4.69, 9.17) is 4.74 Å². The maximum Gasteiger partial charge on any atom is 0.410 e. The van der Waals surface area contributed by atoms with Crippen LogP contribution in [0.2, 0.25) is 0 Å². The van der Waals surface area contributed by atoms with Gasteiger partial charge in [-0.1, -0.05) is 36.4 Å². The molecule has 5 nitrogen and oxygen atoms in total. The van der Waals surface area contributed by atoms with Gasteiger partial charge in [-0.25, -0.2) is 4.79 Å². The van der Waals surface area contributed by atoms with Gasteiger partial charge in [0.05, 0.1) is 0 Å². The summed E-state index contributed by atoms with van der Waals surface area (Å²) in [5.74, 6) is 0. The normalized spacial score (nSPS) is 17.2. The summed E-state index contributed by atoms with van der Waals surface area (Å²) in [6.45, 7) is 5.54. The number of rotatable bonds is 3. The third-order valence-electron chi connectivity index (χ3n) is 5.44. The quantitative estimate of drug-likeness (QED) is 0.909. The first-order valence-corrected chi connectivity index (χ1v) is 9.83. The zero-order chi connectivity index (χ0) is 18.5. The maximum absolute atomic E-state index is 12.3. The SMILES string of the molecule is O=C(OCc1ccccc1)N1CCN(c2ccc3c(c2)CCNCC3)CC1. The number of hydrogen-bond acceptors (Lipinski definition) is 4. The lowest BCUT2D eigenvalue weighted by atomic mass is 10.0. The monoisotopic (exact) mass is 365 g/mol. The van der Waals surface area contributed by atoms with Crippen molar-refractivity contribution in [3.63, 3.8) is 0 Å². The average molecular weight is 365 g/mol. The Labute approximate surface area is 160 Å². The van der Waals surface area contributed by atoms with Crippen LogP contribution in [0, 0.1) is 0 Å². The Bertz CT molecular complexity index is 770. The van der Waals surface area contributed by atoms with Crippen LogP contribution in [0.1, 0.15) is 16.7 Å². The van der Waals surface area contributed by atoms with Crippen molar-refractivity contribution in [3.05, 3.63) is 65.2 Å². The van der Waals surface area contributed by atoms with Crippen molar-refractivity contribution in [2.45, 2.75) is 19.4 Å². The minimum Gasteiger partial charge on any atom is -0.445 e. The number of fused-ring (bicyclic) bond motifs is 1. The number of benzene rings is 2. The number of hydrogen-bond donors (Lipinski definition) is 1. The Kier molecular flexibility index (Phi) is 5.58. The second-order valence-electron chi connectivity index (χ2n) is 7.22. The Hall–Kier alpha value is -2.53. The number of amides is 1. The summed E-state index contributed by atoms with van der Waals surface area (Å²) in [6, 6.07) is 16.7. The maximum atomic E-state index is 12.3. The summed E-state index contributed by atoms with van der Waals surface area (Å²) >= 11 is 0. The van der Waals surface area contributed by atoms with Crippen molar-refractivity contribution < 1.29 is 9.53 Å². The van der Waals surface area contributed by atoms with E-state index in [0.29, 0.717) is 19.7 Å². The number of piperazine rings is 1. The summed E-state index contributed by atoms with van der Waals surface area (Å²) in [7, 11) is 0. The highest BCUT2D eigenvalue weighted by Crippen LogP contribution is 2.23. The van der Waals surface area contributed by atoms with E-state index in [1.165, 1.54) is 16.8 Å². The van der Waals surface area contributed by atoms with Gasteiger partial charge < -0.3 is 19.9 Å². The fourth-order valence-corrected chi connectivity index (χ4v) is 3.81. The van der Waals surface area contributed by atoms with E-state index in [-0.39, 0.29) is 6.09 Å². The summed E-state index contributed by atoms with van der Waals surface area (Å²) in [4.78, 5) is 16.5. The molecule has 1 fully saturated rings. The Morgan fingerprint density at radius 1 is 0.926 bits per heavy atom. The van der Waals surface area contributed by atoms with Crippen molar-refractivity contribution in [2.24, 2.45) is 0 Å². The molecule has 1 N–H and O–H groups in total. The second-order valence-corrected chi connectivity index (χ2v) is 7.22. The van der Waals surface area contributed by atoms with E-state index in [1.807, 2.05) is 35.2 Å². The molecule has 142 valence electrons. The molecule has 0 unspecified atom stereocenters. The van der Waals surface area contributed by atoms with Crippen LogP contribution in [0.15, 0.2) is 48.5 Å². The van der Waals surface area contributed by atoms with Crippen LogP contribution in [0.3, 0.4) is 0 Å². The van der Waals surface area contributed by atoms with Crippen LogP contribution in [0.25, 0.3) is 0 Å². The Morgan fingerprint density at radius 2 is 1.67 bits per heavy atom. The van der Waals surface area contributed by atoms with Gasteiger partial charge >= 0.3 is 6.09 Å². The van der Waals surface area contributed by atoms with Gasteiger partial charge in [-0.05, 0) is 54.8 Å². The van der Waals surface area contributed by atoms with E-state index < -0.39 is 0 Å². The first-order chi connectivity index (χ1) is 13.3. The number of nitrogens with one attached hydrogen (secondary N) is 1. The second kappa shape index (κ2) is 8.44. The highest BCUT2D eigenvalue weighted by Gasteiger charge is 2.23. The average Bonchev–Trinajstić information content (AvgIpc) is 2.98. The van der Waals surface area contributed by atoms with Gasteiger partial charge in [0, 0.05) is 31.9 Å². The van der Waals surface area contributed by atoms with Crippen LogP contribution in [0.4, 0.5) is 10.5 Å². The van der Waals surface area contributed by atoms with Gasteiger partial charge in [0.15, 0.2) is 0 Å². The summed E-state index contributed by atoms with van der Waals surface area (Å²) < 4.78 is 5.46. The lowest BCUT2D eigenvalue weighted by Gasteiger charge is -2.35. The molecular weight excluding hydrogens is 338 g/mol. The summed E-state index contributed by atoms with van der Waals surface area (Å²) in [6.07, 6.45) is 1.98. The third kappa shape index (κ3) is 4.42. The lowest BCUT2D eigenvalue weighted by molar-refractivity contribution is 0.0942. The van der Waals surface area contributed by atoms with E-state index >= 15 is 0 Å². The minimum absolute atomic E-state index is 0.216. The molecule has 2 aromatic carbocycles. The first kappa shape index (κ1) is 17.9. The topological polar surface area (TPSA) is 44.8 Å². The molecular formula is C22H27N3O2. The zero-order valence-corrected chi connectivity index (χ0v) is 15.7. The smallest absolute Gasteiger partial charge is 0.410 e. The molecule has 1 amide bonds. The molecule has 5 heteroatoms. The fraction of sp³-hybridized carbons (Fsp3) is 0.409. The number of nitrogens with zero attached hydrogens (tertiary/aromatic N) is 2. The molecule has 0 aromatic heterocycles. The molecule has 4 rings (SSSR count). The first-order valence-electron chi connectivity index (χ1n) is 9.83. The molecule has 2 aliphatic heterocycles. The standard InChI is InChI=1S/C22H27N3O2/c26-22(27-17-18-4-2-1-3-5-18)25-14-12-24(13-15-25)21-7-6-19-8-10-23-11-9-20(19)16-21/h1-7,16,23H,8-15,17H2. The molecule has 0 atom stereocenters. The van der Waals surface area contributed by atoms with Gasteiger partial charge in [-0.3, -0.25) is 0 Å². The van der Waals surface area contributed by atoms with Crippen molar-refractivity contribution in [1.29, 1.82) is 0 Å². The van der Waals surface area contributed by atoms with Crippen molar-refractivity contribution in [2.75, 3.05) is 44.2 Å². The van der Waals surface area contributed by atoms with Crippen molar-refractivity contribution >= 4 is 11.8 Å². The fourth-order valence-electron chi connectivity index (χ4n) is 3.81. The number of carbonyl (C=O) groups excluding carboxylic acids is 1. The zero-order valence-electron chi connectivity index (χ0n) is 15.7. The highest BCUT2D eigenvalue weighted by molar-refractivity contribution is 5.68. The van der Waals surface area contributed by atoms with E-state index in [1.54, 1.807) is 0 Å². The number of ether oxygens (including phenoxy) is 1. The number of anilines is 1. The summed E-state index contributed by atoms with van der Waals surface area (Å²) in [5.41, 5.74) is 5.21. The van der Waals surface area contributed by atoms with Crippen molar-refractivity contribution in [3.8, 4) is 0 Å². The third-order valence-corrected chi connectivity index (χ3v) is 5.44. The van der Waals surface area contributed by atoms with Gasteiger partial charge in [-0.2, -0.15) is 0 Å². The predicted octanol–water partition coefficient (Wildman–Crippen LogP) is 2.83. The van der Waals surface area contributed by atoms with Crippen LogP contribution in [-0.4, -0.2) is 50.3 Å². The highest BCUT2D eigenvalue weighted by atomic mass is 16.6. The molecule has 0 spiro atoms. The molecule has 0 saturated carbocycles. The molecule has 0 aliphatic carbocycles. The molecule has 2 aromatic rings. The molecule has 0 bridgehead atoms. The van der Waals surface area contributed by atoms with Crippen molar-refractivity contribution in [1.82, 2.24) is 10.2 Å². The molecule has 2 heterocycles. The van der Waals surface area contributed by atoms with Gasteiger partial charge in [0.1, 0.15) is 6.61 Å². The summed E-state index contributed by atoms with van der Waals surface area (Å²) in [5, 5.41) is 3.46. The predicted molar refractivity (Wildman–Crippen MR) is 107 cm³/mol. The van der Waals surface area contributed by atoms with Crippen LogP contribution < -0.4 is 10.2 Å². The van der Waals surface area contributed by atoms with Gasteiger partial charge in [-0.15, -0.1) is 0 Å². The largest absolute Gasteiger partial charge is 0.445 e. The molecule has 0 radical (unpaired) electrons.